The number of imidazole rings is 1. The van der Waals surface area contributed by atoms with Gasteiger partial charge in [0, 0.05) is 36.8 Å². The van der Waals surface area contributed by atoms with Crippen molar-refractivity contribution >= 4 is 28.0 Å². The van der Waals surface area contributed by atoms with Gasteiger partial charge in [-0.05, 0) is 13.3 Å². The number of ether oxygens (including phenoxy) is 1. The van der Waals surface area contributed by atoms with E-state index in [0.717, 1.165) is 60.5 Å². The standard InChI is InChI=1S/C18H20N6O2S/c1-12-15(24-6-9-27-18(24)21-12)17(25)23-3-2-13-14(10-23)19-11-20-16(13)22-4-7-26-8-5-22/h6,9,11H,2-5,7-8,10H2,1H3. The third-order valence-corrected chi connectivity index (χ3v) is 5.98. The topological polar surface area (TPSA) is 75.9 Å². The normalized spacial score (nSPS) is 17.4. The van der Waals surface area contributed by atoms with Crippen LogP contribution in [0.3, 0.4) is 0 Å². The molecule has 0 radical (unpaired) electrons. The van der Waals surface area contributed by atoms with E-state index in [-0.39, 0.29) is 5.91 Å². The Kier molecular flexibility index (Phi) is 4.05. The molecule has 3 aromatic rings. The molecule has 5 heterocycles. The van der Waals surface area contributed by atoms with Crippen LogP contribution in [0, 0.1) is 6.92 Å². The van der Waals surface area contributed by atoms with E-state index in [9.17, 15) is 4.79 Å². The minimum atomic E-state index is 0.00980. The minimum absolute atomic E-state index is 0.00980. The molecule has 0 spiro atoms. The van der Waals surface area contributed by atoms with Crippen LogP contribution in [-0.2, 0) is 17.7 Å². The number of amides is 1. The highest BCUT2D eigenvalue weighted by molar-refractivity contribution is 7.15. The lowest BCUT2D eigenvalue weighted by atomic mass is 10.0. The zero-order valence-corrected chi connectivity index (χ0v) is 15.9. The molecular formula is C18H20N6O2S. The van der Waals surface area contributed by atoms with Gasteiger partial charge in [0.15, 0.2) is 4.96 Å². The number of aryl methyl sites for hydroxylation is 1. The van der Waals surface area contributed by atoms with Gasteiger partial charge in [0.25, 0.3) is 5.91 Å². The van der Waals surface area contributed by atoms with Crippen LogP contribution in [0.1, 0.15) is 27.4 Å². The Balaban J connectivity index is 1.43. The number of morpholine rings is 1. The first-order chi connectivity index (χ1) is 13.2. The second kappa shape index (κ2) is 6.58. The van der Waals surface area contributed by atoms with E-state index in [2.05, 4.69) is 19.9 Å². The number of aromatic nitrogens is 4. The first kappa shape index (κ1) is 16.6. The highest BCUT2D eigenvalue weighted by Crippen LogP contribution is 2.27. The summed E-state index contributed by atoms with van der Waals surface area (Å²) in [5.41, 5.74) is 3.52. The van der Waals surface area contributed by atoms with E-state index < -0.39 is 0 Å². The molecule has 0 atom stereocenters. The van der Waals surface area contributed by atoms with Crippen molar-refractivity contribution in [1.29, 1.82) is 0 Å². The fourth-order valence-electron chi connectivity index (χ4n) is 3.86. The predicted octanol–water partition coefficient (Wildman–Crippen LogP) is 1.53. The van der Waals surface area contributed by atoms with Gasteiger partial charge in [0.05, 0.1) is 31.1 Å². The molecule has 8 nitrogen and oxygen atoms in total. The average Bonchev–Trinajstić information content (AvgIpc) is 3.27. The zero-order valence-electron chi connectivity index (χ0n) is 15.1. The molecule has 0 N–H and O–H groups in total. The Bertz CT molecular complexity index is 1010. The molecule has 0 unspecified atom stereocenters. The van der Waals surface area contributed by atoms with Gasteiger partial charge < -0.3 is 14.5 Å². The summed E-state index contributed by atoms with van der Waals surface area (Å²) in [6.07, 6.45) is 4.28. The summed E-state index contributed by atoms with van der Waals surface area (Å²) < 4.78 is 7.34. The van der Waals surface area contributed by atoms with Crippen LogP contribution in [0.4, 0.5) is 5.82 Å². The smallest absolute Gasteiger partial charge is 0.273 e. The number of nitrogens with zero attached hydrogens (tertiary/aromatic N) is 6. The number of fused-ring (bicyclic) bond motifs is 2. The number of carbonyl (C=O) groups excluding carboxylic acids is 1. The maximum Gasteiger partial charge on any atom is 0.273 e. The van der Waals surface area contributed by atoms with E-state index in [1.54, 1.807) is 6.33 Å². The van der Waals surface area contributed by atoms with E-state index in [1.807, 2.05) is 27.8 Å². The second-order valence-electron chi connectivity index (χ2n) is 6.80. The molecule has 2 aliphatic heterocycles. The van der Waals surface area contributed by atoms with Crippen LogP contribution in [-0.4, -0.2) is 63.0 Å². The van der Waals surface area contributed by atoms with Gasteiger partial charge in [0.1, 0.15) is 17.8 Å². The van der Waals surface area contributed by atoms with Crippen molar-refractivity contribution < 1.29 is 9.53 Å². The van der Waals surface area contributed by atoms with Gasteiger partial charge >= 0.3 is 0 Å². The average molecular weight is 384 g/mol. The molecule has 0 saturated carbocycles. The van der Waals surface area contributed by atoms with E-state index in [4.69, 9.17) is 4.74 Å². The Morgan fingerprint density at radius 3 is 2.93 bits per heavy atom. The van der Waals surface area contributed by atoms with Crippen molar-refractivity contribution in [2.24, 2.45) is 0 Å². The Hall–Kier alpha value is -2.52. The quantitative estimate of drug-likeness (QED) is 0.667. The largest absolute Gasteiger partial charge is 0.378 e. The predicted molar refractivity (Wildman–Crippen MR) is 101 cm³/mol. The Morgan fingerprint density at radius 2 is 2.07 bits per heavy atom. The lowest BCUT2D eigenvalue weighted by Crippen LogP contribution is -2.41. The molecule has 2 aliphatic rings. The number of rotatable bonds is 2. The first-order valence-electron chi connectivity index (χ1n) is 9.09. The van der Waals surface area contributed by atoms with E-state index >= 15 is 0 Å². The molecule has 0 bridgehead atoms. The summed E-state index contributed by atoms with van der Waals surface area (Å²) in [6, 6.07) is 0. The molecule has 140 valence electrons. The molecule has 5 rings (SSSR count). The summed E-state index contributed by atoms with van der Waals surface area (Å²) >= 11 is 1.54. The lowest BCUT2D eigenvalue weighted by Gasteiger charge is -2.33. The van der Waals surface area contributed by atoms with Gasteiger partial charge in [-0.1, -0.05) is 0 Å². The molecule has 1 amide bonds. The van der Waals surface area contributed by atoms with Crippen molar-refractivity contribution in [2.75, 3.05) is 37.7 Å². The molecule has 0 aromatic carbocycles. The number of hydrogen-bond donors (Lipinski definition) is 0. The molecule has 1 saturated heterocycles. The minimum Gasteiger partial charge on any atom is -0.378 e. The summed E-state index contributed by atoms with van der Waals surface area (Å²) in [7, 11) is 0. The summed E-state index contributed by atoms with van der Waals surface area (Å²) in [6.45, 7) is 6.19. The van der Waals surface area contributed by atoms with Gasteiger partial charge in [-0.3, -0.25) is 9.20 Å². The highest BCUT2D eigenvalue weighted by atomic mass is 32.1. The van der Waals surface area contributed by atoms with Crippen LogP contribution in [0.25, 0.3) is 4.96 Å². The molecule has 27 heavy (non-hydrogen) atoms. The first-order valence-corrected chi connectivity index (χ1v) is 9.97. The van der Waals surface area contributed by atoms with Crippen molar-refractivity contribution in [2.45, 2.75) is 19.9 Å². The maximum atomic E-state index is 13.2. The van der Waals surface area contributed by atoms with Crippen molar-refractivity contribution in [3.63, 3.8) is 0 Å². The van der Waals surface area contributed by atoms with E-state index in [0.29, 0.717) is 18.8 Å². The van der Waals surface area contributed by atoms with Gasteiger partial charge in [-0.25, -0.2) is 15.0 Å². The van der Waals surface area contributed by atoms with Gasteiger partial charge in [-0.15, -0.1) is 11.3 Å². The Labute approximate surface area is 160 Å². The summed E-state index contributed by atoms with van der Waals surface area (Å²) in [4.78, 5) is 31.7. The second-order valence-corrected chi connectivity index (χ2v) is 7.67. The monoisotopic (exact) mass is 384 g/mol. The SMILES string of the molecule is Cc1nc2sccn2c1C(=O)N1CCc2c(ncnc2N2CCOCC2)C1. The summed E-state index contributed by atoms with van der Waals surface area (Å²) in [5.74, 6) is 1.01. The lowest BCUT2D eigenvalue weighted by molar-refractivity contribution is 0.0724. The van der Waals surface area contributed by atoms with Crippen molar-refractivity contribution in [1.82, 2.24) is 24.3 Å². The van der Waals surface area contributed by atoms with Gasteiger partial charge in [-0.2, -0.15) is 0 Å². The molecule has 0 aliphatic carbocycles. The molecule has 1 fully saturated rings. The van der Waals surface area contributed by atoms with Gasteiger partial charge in [0.2, 0.25) is 0 Å². The maximum absolute atomic E-state index is 13.2. The van der Waals surface area contributed by atoms with Crippen LogP contribution in [0.5, 0.6) is 0 Å². The van der Waals surface area contributed by atoms with E-state index in [1.165, 1.54) is 11.3 Å². The fraction of sp³-hybridized carbons (Fsp3) is 0.444. The van der Waals surface area contributed by atoms with Crippen molar-refractivity contribution in [3.8, 4) is 0 Å². The highest BCUT2D eigenvalue weighted by Gasteiger charge is 2.29. The fourth-order valence-corrected chi connectivity index (χ4v) is 4.62. The number of thiazole rings is 1. The van der Waals surface area contributed by atoms with Crippen LogP contribution in [0.15, 0.2) is 17.9 Å². The molecule has 3 aromatic heterocycles. The zero-order chi connectivity index (χ0) is 18.4. The summed E-state index contributed by atoms with van der Waals surface area (Å²) in [5, 5.41) is 1.95. The van der Waals surface area contributed by atoms with Crippen LogP contribution < -0.4 is 4.90 Å². The third kappa shape index (κ3) is 2.78. The van der Waals surface area contributed by atoms with Crippen LogP contribution in [0.2, 0.25) is 0 Å². The number of anilines is 1. The number of carbonyl (C=O) groups is 1. The molecular weight excluding hydrogens is 364 g/mol. The third-order valence-electron chi connectivity index (χ3n) is 5.22. The van der Waals surface area contributed by atoms with Crippen molar-refractivity contribution in [3.05, 3.63) is 40.5 Å². The number of hydrogen-bond acceptors (Lipinski definition) is 7. The Morgan fingerprint density at radius 1 is 1.22 bits per heavy atom. The van der Waals surface area contributed by atoms with Crippen LogP contribution >= 0.6 is 11.3 Å². The molecule has 9 heteroatoms.